The fourth-order valence-electron chi connectivity index (χ4n) is 2.26. The van der Waals surface area contributed by atoms with Crippen LogP contribution in [0.15, 0.2) is 29.2 Å². The summed E-state index contributed by atoms with van der Waals surface area (Å²) < 4.78 is 23.9. The Labute approximate surface area is 123 Å². The maximum absolute atomic E-state index is 11.9. The lowest BCUT2D eigenvalue weighted by molar-refractivity contribution is 0.484. The predicted octanol–water partition coefficient (Wildman–Crippen LogP) is 4.11. The number of hydrogen-bond acceptors (Lipinski definition) is 3. The number of hydrogen-bond donors (Lipinski definition) is 1. The van der Waals surface area contributed by atoms with Crippen molar-refractivity contribution >= 4 is 15.5 Å². The summed E-state index contributed by atoms with van der Waals surface area (Å²) in [6, 6.07) is 7.50. The predicted molar refractivity (Wildman–Crippen MR) is 85.9 cm³/mol. The zero-order chi connectivity index (χ0) is 15.2. The van der Waals surface area contributed by atoms with E-state index in [9.17, 15) is 8.42 Å². The standard InChI is InChI=1S/C16H27NO2S/c1-5-11-20(18,19)16-9-7-15(8-10-16)17-14(4)12-13(3)6-2/h7-10,13-14,17H,5-6,11-12H2,1-4H3. The van der Waals surface area contributed by atoms with E-state index in [2.05, 4.69) is 26.1 Å². The second kappa shape index (κ2) is 7.67. The van der Waals surface area contributed by atoms with Gasteiger partial charge in [-0.05, 0) is 49.9 Å². The maximum atomic E-state index is 11.9. The fraction of sp³-hybridized carbons (Fsp3) is 0.625. The summed E-state index contributed by atoms with van der Waals surface area (Å²) in [6.45, 7) is 8.49. The molecule has 1 N–H and O–H groups in total. The second-order valence-electron chi connectivity index (χ2n) is 5.64. The topological polar surface area (TPSA) is 46.2 Å². The van der Waals surface area contributed by atoms with Crippen LogP contribution < -0.4 is 5.32 Å². The summed E-state index contributed by atoms with van der Waals surface area (Å²) in [5.74, 6) is 0.909. The van der Waals surface area contributed by atoms with E-state index in [0.717, 1.165) is 12.1 Å². The zero-order valence-corrected chi connectivity index (χ0v) is 13.8. The van der Waals surface area contributed by atoms with Crippen LogP contribution in [0.5, 0.6) is 0 Å². The summed E-state index contributed by atoms with van der Waals surface area (Å²) in [7, 11) is -3.11. The third-order valence-electron chi connectivity index (χ3n) is 3.55. The van der Waals surface area contributed by atoms with Gasteiger partial charge in [-0.15, -0.1) is 0 Å². The summed E-state index contributed by atoms with van der Waals surface area (Å²) in [5, 5.41) is 3.42. The van der Waals surface area contributed by atoms with Gasteiger partial charge in [-0.2, -0.15) is 0 Å². The van der Waals surface area contributed by atoms with Gasteiger partial charge in [-0.1, -0.05) is 27.2 Å². The molecule has 20 heavy (non-hydrogen) atoms. The minimum Gasteiger partial charge on any atom is -0.383 e. The molecule has 0 radical (unpaired) electrons. The summed E-state index contributed by atoms with van der Waals surface area (Å²) in [4.78, 5) is 0.416. The van der Waals surface area contributed by atoms with E-state index in [4.69, 9.17) is 0 Å². The normalized spacial score (nSPS) is 14.8. The lowest BCUT2D eigenvalue weighted by Crippen LogP contribution is -2.18. The largest absolute Gasteiger partial charge is 0.383 e. The van der Waals surface area contributed by atoms with E-state index in [-0.39, 0.29) is 5.75 Å². The van der Waals surface area contributed by atoms with Crippen molar-refractivity contribution in [2.75, 3.05) is 11.1 Å². The van der Waals surface area contributed by atoms with Crippen molar-refractivity contribution < 1.29 is 8.42 Å². The highest BCUT2D eigenvalue weighted by molar-refractivity contribution is 7.91. The molecule has 4 heteroatoms. The van der Waals surface area contributed by atoms with E-state index in [1.807, 2.05) is 19.1 Å². The molecule has 1 aromatic carbocycles. The first-order valence-electron chi connectivity index (χ1n) is 7.48. The van der Waals surface area contributed by atoms with Crippen LogP contribution in [0.2, 0.25) is 0 Å². The van der Waals surface area contributed by atoms with Crippen molar-refractivity contribution in [3.63, 3.8) is 0 Å². The average Bonchev–Trinajstić information content (AvgIpc) is 2.39. The molecular formula is C16H27NO2S. The highest BCUT2D eigenvalue weighted by atomic mass is 32.2. The molecule has 0 saturated carbocycles. The molecule has 0 amide bonds. The van der Waals surface area contributed by atoms with Crippen LogP contribution in [0.4, 0.5) is 5.69 Å². The molecule has 1 rings (SSSR count). The summed E-state index contributed by atoms with van der Waals surface area (Å²) in [5.41, 5.74) is 0.983. The summed E-state index contributed by atoms with van der Waals surface area (Å²) in [6.07, 6.45) is 2.95. The Morgan fingerprint density at radius 3 is 2.20 bits per heavy atom. The first-order valence-corrected chi connectivity index (χ1v) is 9.13. The van der Waals surface area contributed by atoms with Crippen LogP contribution in [0.25, 0.3) is 0 Å². The Bertz CT molecular complexity index is 494. The van der Waals surface area contributed by atoms with Crippen LogP contribution in [-0.2, 0) is 9.84 Å². The molecule has 0 aliphatic rings. The zero-order valence-electron chi connectivity index (χ0n) is 13.0. The maximum Gasteiger partial charge on any atom is 0.178 e. The molecule has 0 saturated heterocycles. The van der Waals surface area contributed by atoms with Gasteiger partial charge in [0.2, 0.25) is 0 Å². The molecule has 2 unspecified atom stereocenters. The van der Waals surface area contributed by atoms with E-state index in [0.29, 0.717) is 23.3 Å². The third kappa shape index (κ3) is 5.16. The van der Waals surface area contributed by atoms with Gasteiger partial charge in [-0.25, -0.2) is 8.42 Å². The van der Waals surface area contributed by atoms with Gasteiger partial charge in [0.05, 0.1) is 10.6 Å². The van der Waals surface area contributed by atoms with Gasteiger partial charge >= 0.3 is 0 Å². The Hall–Kier alpha value is -1.03. The minimum absolute atomic E-state index is 0.212. The van der Waals surface area contributed by atoms with Crippen molar-refractivity contribution in [1.29, 1.82) is 0 Å². The molecule has 0 aliphatic heterocycles. The number of rotatable bonds is 8. The van der Waals surface area contributed by atoms with E-state index >= 15 is 0 Å². The average molecular weight is 297 g/mol. The Kier molecular flexibility index (Phi) is 6.53. The van der Waals surface area contributed by atoms with Crippen molar-refractivity contribution in [2.24, 2.45) is 5.92 Å². The highest BCUT2D eigenvalue weighted by Crippen LogP contribution is 2.18. The van der Waals surface area contributed by atoms with E-state index < -0.39 is 9.84 Å². The molecule has 0 fully saturated rings. The number of nitrogens with one attached hydrogen (secondary N) is 1. The van der Waals surface area contributed by atoms with Crippen molar-refractivity contribution in [3.05, 3.63) is 24.3 Å². The van der Waals surface area contributed by atoms with Gasteiger partial charge in [0.15, 0.2) is 9.84 Å². The van der Waals surface area contributed by atoms with E-state index in [1.54, 1.807) is 12.1 Å². The van der Waals surface area contributed by atoms with Gasteiger partial charge in [0.1, 0.15) is 0 Å². The quantitative estimate of drug-likeness (QED) is 0.785. The number of sulfone groups is 1. The number of benzene rings is 1. The molecular weight excluding hydrogens is 270 g/mol. The third-order valence-corrected chi connectivity index (χ3v) is 5.49. The van der Waals surface area contributed by atoms with Gasteiger partial charge < -0.3 is 5.32 Å². The van der Waals surface area contributed by atoms with Crippen LogP contribution in [0.3, 0.4) is 0 Å². The lowest BCUT2D eigenvalue weighted by Gasteiger charge is -2.18. The SMILES string of the molecule is CCCS(=O)(=O)c1ccc(NC(C)CC(C)CC)cc1. The van der Waals surface area contributed by atoms with Crippen LogP contribution >= 0.6 is 0 Å². The molecule has 0 aromatic heterocycles. The molecule has 0 aliphatic carbocycles. The van der Waals surface area contributed by atoms with Crippen LogP contribution in [0, 0.1) is 5.92 Å². The monoisotopic (exact) mass is 297 g/mol. The van der Waals surface area contributed by atoms with Crippen LogP contribution in [0.1, 0.15) is 47.0 Å². The van der Waals surface area contributed by atoms with Crippen molar-refractivity contribution in [1.82, 2.24) is 0 Å². The molecule has 0 spiro atoms. The minimum atomic E-state index is -3.11. The highest BCUT2D eigenvalue weighted by Gasteiger charge is 2.13. The molecule has 3 nitrogen and oxygen atoms in total. The molecule has 2 atom stereocenters. The summed E-state index contributed by atoms with van der Waals surface area (Å²) >= 11 is 0. The Balaban J connectivity index is 2.68. The Morgan fingerprint density at radius 1 is 1.10 bits per heavy atom. The van der Waals surface area contributed by atoms with Crippen LogP contribution in [-0.4, -0.2) is 20.2 Å². The molecule has 1 aromatic rings. The Morgan fingerprint density at radius 2 is 1.70 bits per heavy atom. The fourth-order valence-corrected chi connectivity index (χ4v) is 3.58. The first kappa shape index (κ1) is 17.0. The van der Waals surface area contributed by atoms with Gasteiger partial charge in [-0.3, -0.25) is 0 Å². The molecule has 114 valence electrons. The van der Waals surface area contributed by atoms with E-state index in [1.165, 1.54) is 6.42 Å². The molecule has 0 bridgehead atoms. The second-order valence-corrected chi connectivity index (χ2v) is 7.75. The first-order chi connectivity index (χ1) is 9.39. The smallest absolute Gasteiger partial charge is 0.178 e. The molecule has 0 heterocycles. The number of anilines is 1. The van der Waals surface area contributed by atoms with Gasteiger partial charge in [0.25, 0.3) is 0 Å². The van der Waals surface area contributed by atoms with Crippen molar-refractivity contribution in [2.45, 2.75) is 57.9 Å². The van der Waals surface area contributed by atoms with Crippen molar-refractivity contribution in [3.8, 4) is 0 Å². The van der Waals surface area contributed by atoms with Gasteiger partial charge in [0, 0.05) is 11.7 Å². The lowest BCUT2D eigenvalue weighted by atomic mass is 10.0.